The Kier molecular flexibility index (Phi) is 4.62. The van der Waals surface area contributed by atoms with Crippen molar-refractivity contribution >= 4 is 26.9 Å². The Labute approximate surface area is 138 Å². The van der Waals surface area contributed by atoms with Crippen LogP contribution < -0.4 is 9.46 Å². The molecule has 0 fully saturated rings. The van der Waals surface area contributed by atoms with Crippen LogP contribution in [0.25, 0.3) is 0 Å². The first-order chi connectivity index (χ1) is 10.1. The van der Waals surface area contributed by atoms with Gasteiger partial charge < -0.3 is 4.74 Å². The lowest BCUT2D eigenvalue weighted by Crippen LogP contribution is -2.56. The molecule has 1 heterocycles. The van der Waals surface area contributed by atoms with Crippen LogP contribution in [-0.2, 0) is 16.5 Å². The van der Waals surface area contributed by atoms with E-state index in [-0.39, 0.29) is 15.8 Å². The summed E-state index contributed by atoms with van der Waals surface area (Å²) in [6.45, 7) is 4.58. The van der Waals surface area contributed by atoms with Crippen LogP contribution in [0, 0.1) is 17.1 Å². The van der Waals surface area contributed by atoms with Gasteiger partial charge in [0.15, 0.2) is 23.3 Å². The predicted molar refractivity (Wildman–Crippen MR) is 82.8 cm³/mol. The zero-order valence-electron chi connectivity index (χ0n) is 12.2. The van der Waals surface area contributed by atoms with E-state index in [9.17, 15) is 18.3 Å². The zero-order chi connectivity index (χ0) is 16.7. The first-order valence-electron chi connectivity index (χ1n) is 6.50. The van der Waals surface area contributed by atoms with Gasteiger partial charge in [-0.3, -0.25) is 0 Å². The molecule has 0 aliphatic carbocycles. The number of alkyl halides is 1. The Bertz CT molecular complexity index is 672. The molecule has 0 saturated carbocycles. The van der Waals surface area contributed by atoms with Crippen LogP contribution in [0.3, 0.4) is 0 Å². The number of halogens is 3. The van der Waals surface area contributed by atoms with Crippen molar-refractivity contribution in [3.8, 4) is 11.8 Å². The maximum absolute atomic E-state index is 14.5. The number of ether oxygens (including phenoxy) is 1. The fourth-order valence-corrected chi connectivity index (χ4v) is 3.20. The summed E-state index contributed by atoms with van der Waals surface area (Å²) in [4.78, 5) is 0. The molecule has 3 atom stereocenters. The van der Waals surface area contributed by atoms with Crippen LogP contribution in [0.5, 0.6) is 5.75 Å². The molecule has 1 aromatic rings. The average molecular weight is 393 g/mol. The van der Waals surface area contributed by atoms with Gasteiger partial charge in [0.1, 0.15) is 6.61 Å². The van der Waals surface area contributed by atoms with Gasteiger partial charge in [-0.25, -0.2) is 17.7 Å². The Balaban J connectivity index is 2.60. The van der Waals surface area contributed by atoms with Crippen LogP contribution in [0.4, 0.5) is 8.78 Å². The Morgan fingerprint density at radius 1 is 1.55 bits per heavy atom. The molecule has 0 unspecified atom stereocenters. The van der Waals surface area contributed by atoms with E-state index in [0.717, 1.165) is 0 Å². The SMILES string of the molecule is CC(C)(C)[S@](=O)N[C@]1(C#N)c2ccc(Br)c(F)c2OC[C@H]1F. The van der Waals surface area contributed by atoms with Gasteiger partial charge in [0.05, 0.1) is 26.3 Å². The van der Waals surface area contributed by atoms with Gasteiger partial charge in [-0.05, 0) is 42.8 Å². The second-order valence-corrected chi connectivity index (χ2v) is 8.74. The summed E-state index contributed by atoms with van der Waals surface area (Å²) in [5, 5.41) is 9.56. The summed E-state index contributed by atoms with van der Waals surface area (Å²) in [6.07, 6.45) is -1.78. The molecular weight excluding hydrogens is 378 g/mol. The largest absolute Gasteiger partial charge is 0.487 e. The molecule has 1 aliphatic heterocycles. The lowest BCUT2D eigenvalue weighted by atomic mass is 9.85. The first-order valence-corrected chi connectivity index (χ1v) is 8.44. The van der Waals surface area contributed by atoms with E-state index in [1.165, 1.54) is 12.1 Å². The number of benzene rings is 1. The first kappa shape index (κ1) is 17.3. The van der Waals surface area contributed by atoms with Crippen molar-refractivity contribution in [1.82, 2.24) is 4.72 Å². The molecular formula is C14H15BrF2N2O2S. The number of nitrogens with one attached hydrogen (secondary N) is 1. The molecule has 1 N–H and O–H groups in total. The third-order valence-corrected chi connectivity index (χ3v) is 5.54. The highest BCUT2D eigenvalue weighted by molar-refractivity contribution is 9.10. The van der Waals surface area contributed by atoms with Crippen LogP contribution in [0.15, 0.2) is 16.6 Å². The molecule has 2 rings (SSSR count). The topological polar surface area (TPSA) is 62.1 Å². The maximum Gasteiger partial charge on any atom is 0.181 e. The van der Waals surface area contributed by atoms with Gasteiger partial charge >= 0.3 is 0 Å². The van der Waals surface area contributed by atoms with Gasteiger partial charge in [0, 0.05) is 5.56 Å². The summed E-state index contributed by atoms with van der Waals surface area (Å²) >= 11 is 3.02. The number of nitrogens with zero attached hydrogens (tertiary/aromatic N) is 1. The molecule has 0 bridgehead atoms. The van der Waals surface area contributed by atoms with Crippen molar-refractivity contribution in [2.75, 3.05) is 6.61 Å². The van der Waals surface area contributed by atoms with E-state index in [1.807, 2.05) is 6.07 Å². The highest BCUT2D eigenvalue weighted by atomic mass is 79.9. The third-order valence-electron chi connectivity index (χ3n) is 3.30. The molecule has 0 spiro atoms. The van der Waals surface area contributed by atoms with Crippen molar-refractivity contribution in [1.29, 1.82) is 5.26 Å². The normalized spacial score (nSPS) is 25.8. The summed E-state index contributed by atoms with van der Waals surface area (Å²) in [5.41, 5.74) is -1.92. The van der Waals surface area contributed by atoms with Gasteiger partial charge in [0.2, 0.25) is 0 Å². The summed E-state index contributed by atoms with van der Waals surface area (Å²) in [5.74, 6) is -0.921. The molecule has 0 saturated heterocycles. The highest BCUT2D eigenvalue weighted by Crippen LogP contribution is 2.42. The Hall–Kier alpha value is -1.04. The van der Waals surface area contributed by atoms with Gasteiger partial charge in [-0.2, -0.15) is 5.26 Å². The van der Waals surface area contributed by atoms with Crippen molar-refractivity contribution < 1.29 is 17.7 Å². The molecule has 1 aliphatic rings. The van der Waals surface area contributed by atoms with E-state index < -0.39 is 39.9 Å². The van der Waals surface area contributed by atoms with E-state index in [4.69, 9.17) is 4.74 Å². The van der Waals surface area contributed by atoms with Crippen LogP contribution >= 0.6 is 15.9 Å². The number of hydrogen-bond acceptors (Lipinski definition) is 3. The molecule has 0 amide bonds. The lowest BCUT2D eigenvalue weighted by molar-refractivity contribution is 0.105. The minimum Gasteiger partial charge on any atom is -0.487 e. The van der Waals surface area contributed by atoms with E-state index >= 15 is 0 Å². The average Bonchev–Trinajstić information content (AvgIpc) is 2.44. The quantitative estimate of drug-likeness (QED) is 0.840. The second kappa shape index (κ2) is 5.87. The molecule has 22 heavy (non-hydrogen) atoms. The van der Waals surface area contributed by atoms with Gasteiger partial charge in [-0.1, -0.05) is 6.07 Å². The standard InChI is InChI=1S/C14H15BrF2N2O2S/c1-13(2,3)22(20)19-14(7-18)8-4-5-9(15)11(17)12(8)21-6-10(14)16/h4-5,10,19H,6H2,1-3H3/t10-,14-,22+/m1/s1. The van der Waals surface area contributed by atoms with Crippen molar-refractivity contribution in [3.05, 3.63) is 28.0 Å². The van der Waals surface area contributed by atoms with E-state index in [0.29, 0.717) is 0 Å². The number of rotatable bonds is 2. The fourth-order valence-electron chi connectivity index (χ4n) is 2.01. The van der Waals surface area contributed by atoms with Gasteiger partial charge in [-0.15, -0.1) is 0 Å². The highest BCUT2D eigenvalue weighted by Gasteiger charge is 2.50. The predicted octanol–water partition coefficient (Wildman–Crippen LogP) is 3.09. The van der Waals surface area contributed by atoms with Crippen molar-refractivity contribution in [2.24, 2.45) is 0 Å². The summed E-state index contributed by atoms with van der Waals surface area (Å²) in [7, 11) is -1.72. The number of nitriles is 1. The lowest BCUT2D eigenvalue weighted by Gasteiger charge is -2.37. The maximum atomic E-state index is 14.5. The molecule has 0 radical (unpaired) electrons. The monoisotopic (exact) mass is 392 g/mol. The fraction of sp³-hybridized carbons (Fsp3) is 0.500. The Morgan fingerprint density at radius 2 is 2.18 bits per heavy atom. The van der Waals surface area contributed by atoms with Crippen molar-refractivity contribution in [2.45, 2.75) is 37.2 Å². The molecule has 4 nitrogen and oxygen atoms in total. The third kappa shape index (κ3) is 2.77. The second-order valence-electron chi connectivity index (χ2n) is 5.92. The molecule has 120 valence electrons. The van der Waals surface area contributed by atoms with Crippen molar-refractivity contribution in [3.63, 3.8) is 0 Å². The van der Waals surface area contributed by atoms with E-state index in [1.54, 1.807) is 20.8 Å². The van der Waals surface area contributed by atoms with Gasteiger partial charge in [0.25, 0.3) is 0 Å². The summed E-state index contributed by atoms with van der Waals surface area (Å²) < 4.78 is 48.1. The van der Waals surface area contributed by atoms with E-state index in [2.05, 4.69) is 20.7 Å². The molecule has 0 aromatic heterocycles. The van der Waals surface area contributed by atoms with Crippen LogP contribution in [0.2, 0.25) is 0 Å². The summed E-state index contributed by atoms with van der Waals surface area (Å²) in [6, 6.07) is 4.59. The van der Waals surface area contributed by atoms with Crippen LogP contribution in [0.1, 0.15) is 26.3 Å². The number of fused-ring (bicyclic) bond motifs is 1. The smallest absolute Gasteiger partial charge is 0.181 e. The minimum absolute atomic E-state index is 0.00653. The molecule has 8 heteroatoms. The molecule has 1 aromatic carbocycles. The van der Waals surface area contributed by atoms with Crippen LogP contribution in [-0.4, -0.2) is 21.7 Å². The zero-order valence-corrected chi connectivity index (χ0v) is 14.6. The number of hydrogen-bond donors (Lipinski definition) is 1. The Morgan fingerprint density at radius 3 is 2.73 bits per heavy atom. The minimum atomic E-state index is -1.92.